The van der Waals surface area contributed by atoms with E-state index >= 15 is 0 Å². The van der Waals surface area contributed by atoms with Crippen LogP contribution in [0.25, 0.3) is 0 Å². The van der Waals surface area contributed by atoms with E-state index in [1.807, 2.05) is 0 Å². The Morgan fingerprint density at radius 2 is 2.10 bits per heavy atom. The van der Waals surface area contributed by atoms with Crippen molar-refractivity contribution in [3.8, 4) is 0 Å². The molecule has 3 N–H and O–H groups in total. The quantitative estimate of drug-likeness (QED) is 0.657. The molecule has 7 nitrogen and oxygen atoms in total. The summed E-state index contributed by atoms with van der Waals surface area (Å²) in [4.78, 5) is 25.2. The van der Waals surface area contributed by atoms with Crippen LogP contribution in [0.1, 0.15) is 10.5 Å². The Hall–Kier alpha value is -3.03. The van der Waals surface area contributed by atoms with Crippen molar-refractivity contribution in [3.63, 3.8) is 0 Å². The van der Waals surface area contributed by atoms with Crippen LogP contribution in [-0.2, 0) is 0 Å². The van der Waals surface area contributed by atoms with E-state index in [2.05, 4.69) is 10.3 Å². The molecule has 20 heavy (non-hydrogen) atoms. The standard InChI is InChI=1S/C12H9FN4O3/c13-9-6-8(1-2-11(9)17(19)20)16-12(18)10-5-7(14)3-4-15-10/h1-6H,(H2,14,15)(H,16,18). The lowest BCUT2D eigenvalue weighted by molar-refractivity contribution is -0.387. The van der Waals surface area contributed by atoms with Gasteiger partial charge >= 0.3 is 5.69 Å². The van der Waals surface area contributed by atoms with Crippen molar-refractivity contribution in [2.75, 3.05) is 11.1 Å². The Labute approximate surface area is 112 Å². The van der Waals surface area contributed by atoms with Crippen LogP contribution in [0.4, 0.5) is 21.5 Å². The Morgan fingerprint density at radius 3 is 2.70 bits per heavy atom. The van der Waals surface area contributed by atoms with Crippen LogP contribution in [-0.4, -0.2) is 15.8 Å². The van der Waals surface area contributed by atoms with E-state index in [1.54, 1.807) is 0 Å². The van der Waals surface area contributed by atoms with Gasteiger partial charge in [-0.1, -0.05) is 0 Å². The van der Waals surface area contributed by atoms with Gasteiger partial charge in [-0.05, 0) is 18.2 Å². The summed E-state index contributed by atoms with van der Waals surface area (Å²) in [6.07, 6.45) is 1.36. The van der Waals surface area contributed by atoms with Gasteiger partial charge in [-0.3, -0.25) is 19.9 Å². The van der Waals surface area contributed by atoms with Crippen molar-refractivity contribution in [3.05, 3.63) is 58.2 Å². The van der Waals surface area contributed by atoms with E-state index < -0.39 is 22.3 Å². The van der Waals surface area contributed by atoms with Gasteiger partial charge in [0.1, 0.15) is 5.69 Å². The maximum Gasteiger partial charge on any atom is 0.304 e. The summed E-state index contributed by atoms with van der Waals surface area (Å²) in [6.45, 7) is 0. The zero-order valence-electron chi connectivity index (χ0n) is 10.0. The summed E-state index contributed by atoms with van der Waals surface area (Å²) >= 11 is 0. The fourth-order valence-corrected chi connectivity index (χ4v) is 1.50. The van der Waals surface area contributed by atoms with E-state index in [-0.39, 0.29) is 11.4 Å². The molecular formula is C12H9FN4O3. The Bertz CT molecular complexity index is 690. The first-order chi connectivity index (χ1) is 9.47. The fourth-order valence-electron chi connectivity index (χ4n) is 1.50. The van der Waals surface area contributed by atoms with E-state index in [1.165, 1.54) is 24.4 Å². The van der Waals surface area contributed by atoms with E-state index in [0.717, 1.165) is 12.1 Å². The lowest BCUT2D eigenvalue weighted by Crippen LogP contribution is -2.14. The third kappa shape index (κ3) is 2.86. The highest BCUT2D eigenvalue weighted by Crippen LogP contribution is 2.21. The number of hydrogen-bond donors (Lipinski definition) is 2. The molecule has 1 heterocycles. The van der Waals surface area contributed by atoms with Gasteiger partial charge in [-0.15, -0.1) is 0 Å². The zero-order chi connectivity index (χ0) is 14.7. The second kappa shape index (κ2) is 5.31. The summed E-state index contributed by atoms with van der Waals surface area (Å²) in [5.41, 5.74) is 5.36. The molecule has 0 bridgehead atoms. The van der Waals surface area contributed by atoms with Crippen LogP contribution in [0, 0.1) is 15.9 Å². The lowest BCUT2D eigenvalue weighted by Gasteiger charge is -2.05. The molecule has 102 valence electrons. The molecule has 1 aromatic heterocycles. The van der Waals surface area contributed by atoms with Gasteiger partial charge in [0, 0.05) is 29.7 Å². The molecule has 0 radical (unpaired) electrons. The molecule has 8 heteroatoms. The number of halogens is 1. The number of nitro groups is 1. The lowest BCUT2D eigenvalue weighted by atomic mass is 10.2. The van der Waals surface area contributed by atoms with Crippen molar-refractivity contribution < 1.29 is 14.1 Å². The van der Waals surface area contributed by atoms with Crippen LogP contribution >= 0.6 is 0 Å². The van der Waals surface area contributed by atoms with Crippen LogP contribution < -0.4 is 11.1 Å². The number of benzene rings is 1. The number of carbonyl (C=O) groups is 1. The molecule has 0 saturated carbocycles. The largest absolute Gasteiger partial charge is 0.399 e. The number of nitro benzene ring substituents is 1. The molecule has 0 aliphatic carbocycles. The summed E-state index contributed by atoms with van der Waals surface area (Å²) in [6, 6.07) is 5.94. The van der Waals surface area contributed by atoms with Crippen molar-refractivity contribution in [2.24, 2.45) is 0 Å². The second-order valence-electron chi connectivity index (χ2n) is 3.85. The number of nitrogens with one attached hydrogen (secondary N) is 1. The molecule has 0 saturated heterocycles. The number of pyridine rings is 1. The first kappa shape index (κ1) is 13.4. The Kier molecular flexibility index (Phi) is 3.56. The predicted molar refractivity (Wildman–Crippen MR) is 69.7 cm³/mol. The third-order valence-electron chi connectivity index (χ3n) is 2.42. The topological polar surface area (TPSA) is 111 Å². The van der Waals surface area contributed by atoms with Gasteiger partial charge in [-0.2, -0.15) is 4.39 Å². The minimum absolute atomic E-state index is 0.0590. The number of aromatic nitrogens is 1. The average molecular weight is 276 g/mol. The maximum atomic E-state index is 13.4. The molecule has 2 rings (SSSR count). The number of carbonyl (C=O) groups excluding carboxylic acids is 1. The van der Waals surface area contributed by atoms with Crippen molar-refractivity contribution in [2.45, 2.75) is 0 Å². The highest BCUT2D eigenvalue weighted by Gasteiger charge is 2.15. The van der Waals surface area contributed by atoms with Crippen molar-refractivity contribution in [1.29, 1.82) is 0 Å². The number of rotatable bonds is 3. The molecule has 0 aliphatic rings. The molecule has 0 atom stereocenters. The van der Waals surface area contributed by atoms with E-state index in [4.69, 9.17) is 5.73 Å². The SMILES string of the molecule is Nc1ccnc(C(=O)Nc2ccc([N+](=O)[O-])c(F)c2)c1. The average Bonchev–Trinajstić information content (AvgIpc) is 2.38. The van der Waals surface area contributed by atoms with Crippen LogP contribution in [0.3, 0.4) is 0 Å². The fraction of sp³-hybridized carbons (Fsp3) is 0. The molecule has 0 aliphatic heterocycles. The van der Waals surface area contributed by atoms with Gasteiger partial charge in [0.15, 0.2) is 0 Å². The number of anilines is 2. The van der Waals surface area contributed by atoms with E-state index in [0.29, 0.717) is 5.69 Å². The summed E-state index contributed by atoms with van der Waals surface area (Å²) in [7, 11) is 0. The number of nitrogen functional groups attached to an aromatic ring is 1. The van der Waals surface area contributed by atoms with Crippen LogP contribution in [0.5, 0.6) is 0 Å². The molecule has 0 fully saturated rings. The van der Waals surface area contributed by atoms with Crippen LogP contribution in [0.15, 0.2) is 36.5 Å². The monoisotopic (exact) mass is 276 g/mol. The molecule has 1 aromatic carbocycles. The molecular weight excluding hydrogens is 267 g/mol. The Morgan fingerprint density at radius 1 is 1.35 bits per heavy atom. The van der Waals surface area contributed by atoms with Crippen molar-refractivity contribution >= 4 is 23.0 Å². The number of hydrogen-bond acceptors (Lipinski definition) is 5. The summed E-state index contributed by atoms with van der Waals surface area (Å²) in [5.74, 6) is -1.63. The van der Waals surface area contributed by atoms with Gasteiger partial charge in [0.25, 0.3) is 5.91 Å². The highest BCUT2D eigenvalue weighted by molar-refractivity contribution is 6.03. The van der Waals surface area contributed by atoms with Gasteiger partial charge in [0.2, 0.25) is 5.82 Å². The Balaban J connectivity index is 2.20. The normalized spacial score (nSPS) is 10.1. The number of amides is 1. The predicted octanol–water partition coefficient (Wildman–Crippen LogP) is 1.96. The minimum Gasteiger partial charge on any atom is -0.399 e. The highest BCUT2D eigenvalue weighted by atomic mass is 19.1. The molecule has 2 aromatic rings. The second-order valence-corrected chi connectivity index (χ2v) is 3.85. The van der Waals surface area contributed by atoms with E-state index in [9.17, 15) is 19.3 Å². The maximum absolute atomic E-state index is 13.4. The smallest absolute Gasteiger partial charge is 0.304 e. The van der Waals surface area contributed by atoms with Crippen molar-refractivity contribution in [1.82, 2.24) is 4.98 Å². The van der Waals surface area contributed by atoms with Crippen LogP contribution in [0.2, 0.25) is 0 Å². The zero-order valence-corrected chi connectivity index (χ0v) is 10.0. The number of nitrogens with zero attached hydrogens (tertiary/aromatic N) is 2. The molecule has 0 spiro atoms. The first-order valence-electron chi connectivity index (χ1n) is 5.44. The number of nitrogens with two attached hydrogens (primary N) is 1. The molecule has 0 unspecified atom stereocenters. The summed E-state index contributed by atoms with van der Waals surface area (Å²) < 4.78 is 13.4. The van der Waals surface area contributed by atoms with Gasteiger partial charge in [0.05, 0.1) is 4.92 Å². The first-order valence-corrected chi connectivity index (χ1v) is 5.44. The minimum atomic E-state index is -1.03. The third-order valence-corrected chi connectivity index (χ3v) is 2.42. The van der Waals surface area contributed by atoms with Gasteiger partial charge in [-0.25, -0.2) is 0 Å². The van der Waals surface area contributed by atoms with Gasteiger partial charge < -0.3 is 11.1 Å². The summed E-state index contributed by atoms with van der Waals surface area (Å²) in [5, 5.41) is 12.8. The molecule has 1 amide bonds.